The van der Waals surface area contributed by atoms with E-state index in [0.717, 1.165) is 12.1 Å². The van der Waals surface area contributed by atoms with Crippen LogP contribution in [-0.2, 0) is 17.0 Å². The third kappa shape index (κ3) is 3.01. The second kappa shape index (κ2) is 5.81. The molecule has 1 heterocycles. The lowest BCUT2D eigenvalue weighted by molar-refractivity contribution is -0.137. The van der Waals surface area contributed by atoms with Crippen molar-refractivity contribution in [1.82, 2.24) is 9.78 Å². The summed E-state index contributed by atoms with van der Waals surface area (Å²) in [4.78, 5) is 0.610. The van der Waals surface area contributed by atoms with Gasteiger partial charge >= 0.3 is 6.18 Å². The molecule has 0 amide bonds. The molecule has 1 atom stereocenters. The molecule has 0 aliphatic rings. The van der Waals surface area contributed by atoms with E-state index in [2.05, 4.69) is 5.10 Å². The fraction of sp³-hybridized carbons (Fsp3) is 0.188. The quantitative estimate of drug-likeness (QED) is 0.718. The Balaban J connectivity index is 2.13. The van der Waals surface area contributed by atoms with E-state index < -0.39 is 22.5 Å². The summed E-state index contributed by atoms with van der Waals surface area (Å²) in [6, 6.07) is 10.5. The largest absolute Gasteiger partial charge is 0.416 e. The van der Waals surface area contributed by atoms with Gasteiger partial charge in [-0.25, -0.2) is 4.68 Å². The van der Waals surface area contributed by atoms with Crippen LogP contribution in [0.5, 0.6) is 0 Å². The minimum atomic E-state index is -4.40. The number of halogens is 3. The number of aromatic nitrogens is 2. The highest BCUT2D eigenvalue weighted by atomic mass is 32.2. The van der Waals surface area contributed by atoms with Gasteiger partial charge in [-0.15, -0.1) is 0 Å². The fourth-order valence-corrected chi connectivity index (χ4v) is 3.25. The molecule has 0 N–H and O–H groups in total. The van der Waals surface area contributed by atoms with Gasteiger partial charge in [-0.3, -0.25) is 4.21 Å². The van der Waals surface area contributed by atoms with Gasteiger partial charge in [0.15, 0.2) is 0 Å². The maximum atomic E-state index is 12.8. The average molecular weight is 338 g/mol. The zero-order valence-corrected chi connectivity index (χ0v) is 13.0. The van der Waals surface area contributed by atoms with Crippen molar-refractivity contribution in [2.45, 2.75) is 18.0 Å². The molecular formula is C16H13F3N2OS. The Kier molecular flexibility index (Phi) is 3.97. The van der Waals surface area contributed by atoms with Gasteiger partial charge in [0.05, 0.1) is 32.5 Å². The first-order chi connectivity index (χ1) is 10.9. The van der Waals surface area contributed by atoms with Crippen molar-refractivity contribution in [2.24, 2.45) is 0 Å². The van der Waals surface area contributed by atoms with Gasteiger partial charge in [-0.05, 0) is 24.3 Å². The van der Waals surface area contributed by atoms with E-state index in [1.54, 1.807) is 30.5 Å². The van der Waals surface area contributed by atoms with Crippen molar-refractivity contribution in [3.05, 3.63) is 54.2 Å². The summed E-state index contributed by atoms with van der Waals surface area (Å²) >= 11 is 0. The molecule has 7 heteroatoms. The monoisotopic (exact) mass is 338 g/mol. The molecular weight excluding hydrogens is 325 g/mol. The van der Waals surface area contributed by atoms with Crippen molar-refractivity contribution < 1.29 is 17.4 Å². The van der Waals surface area contributed by atoms with Gasteiger partial charge in [0.2, 0.25) is 0 Å². The van der Waals surface area contributed by atoms with Crippen molar-refractivity contribution in [3.8, 4) is 5.69 Å². The molecule has 0 aliphatic carbocycles. The van der Waals surface area contributed by atoms with Crippen LogP contribution in [0.15, 0.2) is 53.6 Å². The predicted molar refractivity (Wildman–Crippen MR) is 83.0 cm³/mol. The molecule has 1 unspecified atom stereocenters. The molecule has 1 aromatic heterocycles. The second-order valence-electron chi connectivity index (χ2n) is 4.95. The Labute approximate surface area is 133 Å². The Morgan fingerprint density at radius 1 is 1.17 bits per heavy atom. The lowest BCUT2D eigenvalue weighted by Crippen LogP contribution is -2.04. The second-order valence-corrected chi connectivity index (χ2v) is 6.66. The predicted octanol–water partition coefficient (Wildman–Crippen LogP) is 4.17. The number of benzene rings is 2. The minimum absolute atomic E-state index is 0.247. The summed E-state index contributed by atoms with van der Waals surface area (Å²) in [6.45, 7) is 1.81. The summed E-state index contributed by atoms with van der Waals surface area (Å²) in [5.41, 5.74) is 0.120. The minimum Gasteiger partial charge on any atom is -0.254 e. The number of nitrogens with zero attached hydrogens (tertiary/aromatic N) is 2. The smallest absolute Gasteiger partial charge is 0.254 e. The lowest BCUT2D eigenvalue weighted by atomic mass is 10.1. The molecule has 0 bridgehead atoms. The number of hydrogen-bond acceptors (Lipinski definition) is 2. The Bertz CT molecular complexity index is 886. The third-order valence-corrected chi connectivity index (χ3v) is 4.81. The van der Waals surface area contributed by atoms with Crippen molar-refractivity contribution in [2.75, 3.05) is 5.75 Å². The van der Waals surface area contributed by atoms with E-state index in [-0.39, 0.29) is 5.52 Å². The molecule has 0 saturated heterocycles. The first-order valence-electron chi connectivity index (χ1n) is 6.94. The van der Waals surface area contributed by atoms with E-state index in [1.807, 2.05) is 6.92 Å². The van der Waals surface area contributed by atoms with Crippen LogP contribution in [0.1, 0.15) is 12.5 Å². The van der Waals surface area contributed by atoms with Crippen LogP contribution < -0.4 is 0 Å². The van der Waals surface area contributed by atoms with Crippen LogP contribution in [0.2, 0.25) is 0 Å². The van der Waals surface area contributed by atoms with E-state index in [0.29, 0.717) is 21.7 Å². The summed E-state index contributed by atoms with van der Waals surface area (Å²) in [7, 11) is -1.18. The van der Waals surface area contributed by atoms with Gasteiger partial charge in [-0.2, -0.15) is 18.3 Å². The fourth-order valence-electron chi connectivity index (χ4n) is 2.31. The number of fused-ring (bicyclic) bond motifs is 1. The van der Waals surface area contributed by atoms with E-state index >= 15 is 0 Å². The summed E-state index contributed by atoms with van der Waals surface area (Å²) in [5, 5.41) is 4.81. The normalized spacial score (nSPS) is 13.4. The summed E-state index contributed by atoms with van der Waals surface area (Å²) in [6.07, 6.45) is -2.76. The van der Waals surface area contributed by atoms with Gasteiger partial charge in [0, 0.05) is 17.3 Å². The van der Waals surface area contributed by atoms with Crippen LogP contribution in [0.4, 0.5) is 13.2 Å². The van der Waals surface area contributed by atoms with Crippen LogP contribution >= 0.6 is 0 Å². The first-order valence-corrected chi connectivity index (χ1v) is 8.26. The maximum Gasteiger partial charge on any atom is 0.416 e. The van der Waals surface area contributed by atoms with Crippen LogP contribution in [0, 0.1) is 0 Å². The standard InChI is InChI=1S/C16H13F3N2OS/c1-2-23(22)15-6-4-3-5-14(15)21-10-11-7-8-12(16(17,18)19)9-13(11)20-21/h3-10H,2H2,1H3. The molecule has 3 rings (SSSR count). The van der Waals surface area contributed by atoms with Gasteiger partial charge < -0.3 is 0 Å². The molecule has 3 nitrogen and oxygen atoms in total. The molecule has 0 spiro atoms. The zero-order chi connectivity index (χ0) is 16.6. The Hall–Kier alpha value is -2.15. The Morgan fingerprint density at radius 2 is 1.91 bits per heavy atom. The number of para-hydroxylation sites is 1. The van der Waals surface area contributed by atoms with Crippen LogP contribution in [0.3, 0.4) is 0 Å². The first kappa shape index (κ1) is 15.7. The van der Waals surface area contributed by atoms with Gasteiger partial charge in [0.25, 0.3) is 0 Å². The summed E-state index contributed by atoms with van der Waals surface area (Å²) in [5.74, 6) is 0.454. The molecule has 3 aromatic rings. The number of alkyl halides is 3. The summed E-state index contributed by atoms with van der Waals surface area (Å²) < 4.78 is 52.0. The SMILES string of the molecule is CCS(=O)c1ccccc1-n1cc2ccc(C(F)(F)F)cc2n1. The van der Waals surface area contributed by atoms with Gasteiger partial charge in [0.1, 0.15) is 0 Å². The van der Waals surface area contributed by atoms with Crippen molar-refractivity contribution in [1.29, 1.82) is 0 Å². The molecule has 23 heavy (non-hydrogen) atoms. The highest BCUT2D eigenvalue weighted by molar-refractivity contribution is 7.85. The molecule has 2 aromatic carbocycles. The van der Waals surface area contributed by atoms with E-state index in [9.17, 15) is 17.4 Å². The zero-order valence-electron chi connectivity index (χ0n) is 12.2. The average Bonchev–Trinajstić information content (AvgIpc) is 2.96. The molecule has 0 saturated carbocycles. The highest BCUT2D eigenvalue weighted by Crippen LogP contribution is 2.31. The van der Waals surface area contributed by atoms with E-state index in [1.165, 1.54) is 10.7 Å². The van der Waals surface area contributed by atoms with E-state index in [4.69, 9.17) is 0 Å². The van der Waals surface area contributed by atoms with Gasteiger partial charge in [-0.1, -0.05) is 25.1 Å². The Morgan fingerprint density at radius 3 is 2.61 bits per heavy atom. The molecule has 0 aliphatic heterocycles. The topological polar surface area (TPSA) is 34.9 Å². The molecule has 120 valence electrons. The maximum absolute atomic E-state index is 12.8. The number of rotatable bonds is 3. The van der Waals surface area contributed by atoms with Crippen molar-refractivity contribution >= 4 is 21.7 Å². The highest BCUT2D eigenvalue weighted by Gasteiger charge is 2.30. The van der Waals surface area contributed by atoms with Crippen LogP contribution in [0.25, 0.3) is 16.6 Å². The third-order valence-electron chi connectivity index (χ3n) is 3.45. The molecule has 0 radical (unpaired) electrons. The lowest BCUT2D eigenvalue weighted by Gasteiger charge is -2.07. The van der Waals surface area contributed by atoms with Crippen LogP contribution in [-0.4, -0.2) is 19.7 Å². The molecule has 0 fully saturated rings. The number of hydrogen-bond donors (Lipinski definition) is 0. The van der Waals surface area contributed by atoms with Crippen molar-refractivity contribution in [3.63, 3.8) is 0 Å².